The van der Waals surface area contributed by atoms with Gasteiger partial charge in [-0.2, -0.15) is 0 Å². The first-order valence-corrected chi connectivity index (χ1v) is 10.3. The van der Waals surface area contributed by atoms with Crippen LogP contribution in [0.15, 0.2) is 30.3 Å². The predicted molar refractivity (Wildman–Crippen MR) is 110 cm³/mol. The minimum Gasteiger partial charge on any atom is -0.349 e. The minimum atomic E-state index is -3.54. The Bertz CT molecular complexity index is 1080. The second-order valence-electron chi connectivity index (χ2n) is 7.18. The highest BCUT2D eigenvalue weighted by atomic mass is 35.5. The molecule has 3 unspecified atom stereocenters. The summed E-state index contributed by atoms with van der Waals surface area (Å²) in [4.78, 5) is 23.9. The first-order valence-electron chi connectivity index (χ1n) is 9.16. The van der Waals surface area contributed by atoms with Crippen molar-refractivity contribution in [2.24, 2.45) is 5.92 Å². The molecular formula is C20H13Cl3F6N2O2. The van der Waals surface area contributed by atoms with Crippen molar-refractivity contribution in [3.05, 3.63) is 63.9 Å². The highest BCUT2D eigenvalue weighted by molar-refractivity contribution is 6.53. The maximum Gasteiger partial charge on any atom is 0.278 e. The number of carbonyl (C=O) groups is 2. The van der Waals surface area contributed by atoms with Crippen LogP contribution in [0.5, 0.6) is 0 Å². The molecule has 0 aromatic heterocycles. The van der Waals surface area contributed by atoms with Gasteiger partial charge >= 0.3 is 0 Å². The van der Waals surface area contributed by atoms with Crippen molar-refractivity contribution in [1.82, 2.24) is 5.32 Å². The number of benzene rings is 2. The zero-order valence-corrected chi connectivity index (χ0v) is 18.4. The summed E-state index contributed by atoms with van der Waals surface area (Å²) >= 11 is 17.7. The van der Waals surface area contributed by atoms with Gasteiger partial charge in [0, 0.05) is 23.7 Å². The van der Waals surface area contributed by atoms with Crippen LogP contribution in [-0.4, -0.2) is 28.7 Å². The average molecular weight is 534 g/mol. The number of anilines is 1. The number of halogens is 9. The van der Waals surface area contributed by atoms with Gasteiger partial charge in [-0.1, -0.05) is 11.6 Å². The Balaban J connectivity index is 1.72. The van der Waals surface area contributed by atoms with Gasteiger partial charge in [0.1, 0.15) is 26.8 Å². The Morgan fingerprint density at radius 2 is 1.61 bits per heavy atom. The molecule has 1 saturated carbocycles. The number of rotatable bonds is 7. The maximum atomic E-state index is 14.0. The van der Waals surface area contributed by atoms with Crippen molar-refractivity contribution in [1.29, 1.82) is 0 Å². The van der Waals surface area contributed by atoms with Crippen LogP contribution in [0.3, 0.4) is 0 Å². The van der Waals surface area contributed by atoms with Crippen LogP contribution in [0.2, 0.25) is 5.02 Å². The van der Waals surface area contributed by atoms with Crippen LogP contribution >= 0.6 is 34.8 Å². The average Bonchev–Trinajstić information content (AvgIpc) is 3.33. The van der Waals surface area contributed by atoms with E-state index in [4.69, 9.17) is 34.8 Å². The largest absolute Gasteiger partial charge is 0.349 e. The highest BCUT2D eigenvalue weighted by Crippen LogP contribution is 2.65. The Hall–Kier alpha value is -2.17. The third-order valence-corrected chi connectivity index (χ3v) is 6.24. The van der Waals surface area contributed by atoms with Crippen molar-refractivity contribution in [2.45, 2.75) is 29.4 Å². The summed E-state index contributed by atoms with van der Waals surface area (Å²) in [6.45, 7) is -0.633. The quantitative estimate of drug-likeness (QED) is 0.280. The van der Waals surface area contributed by atoms with E-state index in [2.05, 4.69) is 5.32 Å². The van der Waals surface area contributed by atoms with Crippen molar-refractivity contribution < 1.29 is 35.9 Å². The summed E-state index contributed by atoms with van der Waals surface area (Å²) in [7, 11) is 0. The first-order chi connectivity index (χ1) is 15.3. The van der Waals surface area contributed by atoms with Crippen LogP contribution in [0, 0.1) is 23.4 Å². The molecule has 0 aliphatic heterocycles. The molecule has 4 nitrogen and oxygen atoms in total. The molecule has 2 aromatic rings. The van der Waals surface area contributed by atoms with Gasteiger partial charge in [0.05, 0.1) is 5.92 Å². The van der Waals surface area contributed by atoms with Crippen LogP contribution in [-0.2, 0) is 16.1 Å². The molecular weight excluding hydrogens is 521 g/mol. The molecule has 2 aromatic carbocycles. The lowest BCUT2D eigenvalue weighted by molar-refractivity contribution is -0.131. The molecule has 3 rings (SSSR count). The molecule has 1 aliphatic carbocycles. The summed E-state index contributed by atoms with van der Waals surface area (Å²) in [5.41, 5.74) is -0.221. The fourth-order valence-electron chi connectivity index (χ4n) is 3.22. The van der Waals surface area contributed by atoms with Crippen LogP contribution in [0.1, 0.15) is 17.0 Å². The second kappa shape index (κ2) is 9.60. The lowest BCUT2D eigenvalue weighted by Crippen LogP contribution is -2.35. The Labute approximate surface area is 198 Å². The van der Waals surface area contributed by atoms with E-state index < -0.39 is 69.6 Å². The third kappa shape index (κ3) is 5.33. The molecule has 13 heteroatoms. The standard InChI is InChI=1S/C20H13Cl3F6N2O2/c21-15-11(25)4-7(5-12(15)26)13-14(20(13,22)23)18(32)31-9-1-2-10(24)8(3-9)6-30-19(33)16(27)17(28)29/h1-5,13-14,16-17H,6H2,(H,30,33)(H,31,32). The Morgan fingerprint density at radius 1 is 1.00 bits per heavy atom. The van der Waals surface area contributed by atoms with E-state index in [1.807, 2.05) is 5.32 Å². The fourth-order valence-corrected chi connectivity index (χ4v) is 4.16. The fraction of sp³-hybridized carbons (Fsp3) is 0.300. The van der Waals surface area contributed by atoms with Gasteiger partial charge in [0.25, 0.3) is 12.3 Å². The molecule has 3 atom stereocenters. The molecule has 2 amide bonds. The number of carbonyl (C=O) groups excluding carboxylic acids is 2. The van der Waals surface area contributed by atoms with Crippen molar-refractivity contribution in [3.8, 4) is 0 Å². The summed E-state index contributed by atoms with van der Waals surface area (Å²) in [6, 6.07) is 4.95. The number of amides is 2. The molecule has 1 fully saturated rings. The van der Waals surface area contributed by atoms with Crippen LogP contribution in [0.4, 0.5) is 32.0 Å². The normalized spacial score (nSPS) is 19.8. The van der Waals surface area contributed by atoms with Gasteiger partial charge in [0.2, 0.25) is 12.1 Å². The number of alkyl halides is 5. The lowest BCUT2D eigenvalue weighted by atomic mass is 10.1. The van der Waals surface area contributed by atoms with E-state index in [0.717, 1.165) is 30.3 Å². The Morgan fingerprint density at radius 3 is 2.18 bits per heavy atom. The summed E-state index contributed by atoms with van der Waals surface area (Å²) in [5.74, 6) is -7.48. The molecule has 2 N–H and O–H groups in total. The van der Waals surface area contributed by atoms with Gasteiger partial charge in [-0.3, -0.25) is 9.59 Å². The zero-order valence-electron chi connectivity index (χ0n) is 16.1. The van der Waals surface area contributed by atoms with E-state index in [9.17, 15) is 35.9 Å². The van der Waals surface area contributed by atoms with E-state index >= 15 is 0 Å². The molecule has 0 spiro atoms. The van der Waals surface area contributed by atoms with Crippen molar-refractivity contribution >= 4 is 52.3 Å². The highest BCUT2D eigenvalue weighted by Gasteiger charge is 2.67. The summed E-state index contributed by atoms with van der Waals surface area (Å²) < 4.78 is 77.3. The first kappa shape index (κ1) is 25.5. The van der Waals surface area contributed by atoms with Crippen LogP contribution in [0.25, 0.3) is 0 Å². The minimum absolute atomic E-state index is 0.00173. The SMILES string of the molecule is O=C(NCc1cc(NC(=O)C2C(c3cc(F)c(Cl)c(F)c3)C2(Cl)Cl)ccc1F)C(F)C(F)F. The van der Waals surface area contributed by atoms with E-state index in [-0.39, 0.29) is 16.8 Å². The zero-order chi connectivity index (χ0) is 24.7. The van der Waals surface area contributed by atoms with E-state index in [0.29, 0.717) is 0 Å². The van der Waals surface area contributed by atoms with Gasteiger partial charge in [-0.05, 0) is 35.9 Å². The third-order valence-electron chi connectivity index (χ3n) is 4.94. The summed E-state index contributed by atoms with van der Waals surface area (Å²) in [6.07, 6.45) is -6.62. The Kier molecular flexibility index (Phi) is 7.40. The van der Waals surface area contributed by atoms with Crippen molar-refractivity contribution in [2.75, 3.05) is 5.32 Å². The summed E-state index contributed by atoms with van der Waals surface area (Å²) in [5, 5.41) is 3.50. The van der Waals surface area contributed by atoms with E-state index in [1.165, 1.54) is 0 Å². The predicted octanol–water partition coefficient (Wildman–Crippen LogP) is 5.50. The molecule has 0 heterocycles. The van der Waals surface area contributed by atoms with Gasteiger partial charge in [0.15, 0.2) is 0 Å². The maximum absolute atomic E-state index is 14.0. The van der Waals surface area contributed by atoms with Crippen LogP contribution < -0.4 is 10.6 Å². The van der Waals surface area contributed by atoms with Crippen molar-refractivity contribution in [3.63, 3.8) is 0 Å². The van der Waals surface area contributed by atoms with Gasteiger partial charge in [-0.25, -0.2) is 26.3 Å². The molecule has 1 aliphatic rings. The second-order valence-corrected chi connectivity index (χ2v) is 9.00. The molecule has 0 saturated heterocycles. The lowest BCUT2D eigenvalue weighted by Gasteiger charge is -2.11. The topological polar surface area (TPSA) is 58.2 Å². The number of hydrogen-bond donors (Lipinski definition) is 2. The molecule has 0 radical (unpaired) electrons. The smallest absolute Gasteiger partial charge is 0.278 e. The number of hydrogen-bond acceptors (Lipinski definition) is 2. The molecule has 0 bridgehead atoms. The number of nitrogens with one attached hydrogen (secondary N) is 2. The van der Waals surface area contributed by atoms with Gasteiger partial charge < -0.3 is 10.6 Å². The van der Waals surface area contributed by atoms with Gasteiger partial charge in [-0.15, -0.1) is 23.2 Å². The molecule has 178 valence electrons. The molecule has 33 heavy (non-hydrogen) atoms. The monoisotopic (exact) mass is 532 g/mol. The van der Waals surface area contributed by atoms with E-state index in [1.54, 1.807) is 0 Å².